The molecule has 1 aromatic carbocycles. The number of hydrogen-bond acceptors (Lipinski definition) is 8. The molecule has 1 atom stereocenters. The first-order valence-corrected chi connectivity index (χ1v) is 13.7. The number of nitrogens with one attached hydrogen (secondary N) is 1. The van der Waals surface area contributed by atoms with E-state index in [4.69, 9.17) is 10.8 Å². The van der Waals surface area contributed by atoms with Crippen molar-refractivity contribution in [3.05, 3.63) is 72.2 Å². The van der Waals surface area contributed by atoms with Crippen LogP contribution in [0, 0.1) is 0 Å². The number of rotatable bonds is 8. The fraction of sp³-hybridized carbons (Fsp3) is 0.333. The molecule has 0 saturated carbocycles. The molecular formula is C30H35N9O2. The number of benzene rings is 1. The average molecular weight is 554 g/mol. The van der Waals surface area contributed by atoms with E-state index in [9.17, 15) is 9.59 Å². The molecule has 1 aliphatic heterocycles. The molecule has 212 valence electrons. The lowest BCUT2D eigenvalue weighted by Gasteiger charge is -2.15. The Hall–Kier alpha value is -4.64. The van der Waals surface area contributed by atoms with Crippen molar-refractivity contribution in [1.29, 1.82) is 0 Å². The zero-order chi connectivity index (χ0) is 29.1. The number of amides is 2. The van der Waals surface area contributed by atoms with Crippen molar-refractivity contribution in [2.45, 2.75) is 32.2 Å². The second-order valence-electron chi connectivity index (χ2n) is 10.8. The number of hydrogen-bond donors (Lipinski definition) is 2. The van der Waals surface area contributed by atoms with Crippen LogP contribution in [-0.2, 0) is 4.79 Å². The largest absolute Gasteiger partial charge is 0.383 e. The number of carbonyl (C=O) groups excluding carboxylic acids is 2. The van der Waals surface area contributed by atoms with Crippen molar-refractivity contribution >= 4 is 34.5 Å². The van der Waals surface area contributed by atoms with Crippen LogP contribution in [0.5, 0.6) is 0 Å². The van der Waals surface area contributed by atoms with Gasteiger partial charge in [-0.1, -0.05) is 32.1 Å². The van der Waals surface area contributed by atoms with Crippen LogP contribution >= 0.6 is 0 Å². The lowest BCUT2D eigenvalue weighted by Crippen LogP contribution is -2.28. The number of nitrogens with two attached hydrogens (primary N) is 1. The third kappa shape index (κ3) is 6.09. The van der Waals surface area contributed by atoms with Gasteiger partial charge in [0.05, 0.1) is 11.4 Å². The number of nitrogen functional groups attached to an aromatic ring is 1. The molecule has 11 heteroatoms. The zero-order valence-corrected chi connectivity index (χ0v) is 23.8. The SMILES string of the molecule is CC(C)c1ccnc(NC(=O)c2ccc(-c3nn(C4CCN(C(=O)C=CCN(C)C)C4)c4ncnc(N)c34)cc2)c1. The molecule has 1 unspecified atom stereocenters. The number of pyridine rings is 1. The van der Waals surface area contributed by atoms with Crippen molar-refractivity contribution in [3.63, 3.8) is 0 Å². The first kappa shape index (κ1) is 27.9. The number of anilines is 2. The van der Waals surface area contributed by atoms with Crippen LogP contribution in [-0.4, -0.2) is 80.1 Å². The smallest absolute Gasteiger partial charge is 0.256 e. The standard InChI is InChI=1S/C30H35N9O2/c1-19(2)22-11-13-32-24(16-22)35-30(41)21-9-7-20(8-10-21)27-26-28(31)33-18-34-29(26)39(36-27)23-12-15-38(17-23)25(40)6-5-14-37(3)4/h5-11,13,16,18-19,23H,12,14-15,17H2,1-4H3,(H2,31,33,34)(H,32,35,41). The van der Waals surface area contributed by atoms with Crippen molar-refractivity contribution in [3.8, 4) is 11.3 Å². The fourth-order valence-corrected chi connectivity index (χ4v) is 4.91. The van der Waals surface area contributed by atoms with Crippen LogP contribution in [0.1, 0.15) is 48.1 Å². The molecule has 3 aromatic heterocycles. The lowest BCUT2D eigenvalue weighted by molar-refractivity contribution is -0.125. The van der Waals surface area contributed by atoms with Crippen molar-refractivity contribution < 1.29 is 9.59 Å². The van der Waals surface area contributed by atoms with Gasteiger partial charge in [-0.05, 0) is 56.3 Å². The second-order valence-corrected chi connectivity index (χ2v) is 10.8. The van der Waals surface area contributed by atoms with E-state index in [1.54, 1.807) is 24.4 Å². The number of likely N-dealkylation sites (N-methyl/N-ethyl adjacent to an activating group) is 1. The highest BCUT2D eigenvalue weighted by Gasteiger charge is 2.30. The van der Waals surface area contributed by atoms with Crippen LogP contribution in [0.2, 0.25) is 0 Å². The summed E-state index contributed by atoms with van der Waals surface area (Å²) < 4.78 is 1.85. The van der Waals surface area contributed by atoms with Gasteiger partial charge in [-0.3, -0.25) is 9.59 Å². The molecule has 1 aliphatic rings. The summed E-state index contributed by atoms with van der Waals surface area (Å²) in [6.45, 7) is 6.04. The number of aromatic nitrogens is 5. The minimum Gasteiger partial charge on any atom is -0.383 e. The van der Waals surface area contributed by atoms with E-state index < -0.39 is 0 Å². The van der Waals surface area contributed by atoms with Crippen molar-refractivity contribution in [2.75, 3.05) is 44.8 Å². The van der Waals surface area contributed by atoms with Gasteiger partial charge < -0.3 is 20.9 Å². The monoisotopic (exact) mass is 553 g/mol. The predicted octanol–water partition coefficient (Wildman–Crippen LogP) is 3.74. The van der Waals surface area contributed by atoms with Gasteiger partial charge >= 0.3 is 0 Å². The molecule has 4 heterocycles. The van der Waals surface area contributed by atoms with E-state index in [0.29, 0.717) is 59.5 Å². The third-order valence-electron chi connectivity index (χ3n) is 7.18. The Morgan fingerprint density at radius 3 is 2.66 bits per heavy atom. The quantitative estimate of drug-likeness (QED) is 0.315. The van der Waals surface area contributed by atoms with Crippen molar-refractivity contribution in [2.24, 2.45) is 0 Å². The normalized spacial score (nSPS) is 15.5. The maximum absolute atomic E-state index is 12.9. The first-order valence-electron chi connectivity index (χ1n) is 13.7. The van der Waals surface area contributed by atoms with Crippen LogP contribution in [0.25, 0.3) is 22.3 Å². The highest BCUT2D eigenvalue weighted by atomic mass is 16.2. The summed E-state index contributed by atoms with van der Waals surface area (Å²) in [6.07, 6.45) is 7.37. The van der Waals surface area contributed by atoms with Gasteiger partial charge in [0.2, 0.25) is 5.91 Å². The molecule has 5 rings (SSSR count). The summed E-state index contributed by atoms with van der Waals surface area (Å²) in [5, 5.41) is 8.43. The Morgan fingerprint density at radius 1 is 1.15 bits per heavy atom. The molecule has 0 spiro atoms. The second kappa shape index (κ2) is 11.8. The summed E-state index contributed by atoms with van der Waals surface area (Å²) in [7, 11) is 3.92. The zero-order valence-electron chi connectivity index (χ0n) is 23.8. The minimum atomic E-state index is -0.251. The van der Waals surface area contributed by atoms with Gasteiger partial charge in [0.15, 0.2) is 5.65 Å². The molecule has 4 aromatic rings. The van der Waals surface area contributed by atoms with Gasteiger partial charge in [-0.2, -0.15) is 5.10 Å². The lowest BCUT2D eigenvalue weighted by atomic mass is 10.0. The number of likely N-dealkylation sites (tertiary alicyclic amines) is 1. The minimum absolute atomic E-state index is 0.0137. The Labute approximate surface area is 239 Å². The molecule has 3 N–H and O–H groups in total. The number of carbonyl (C=O) groups is 2. The van der Waals surface area contributed by atoms with Gasteiger partial charge in [-0.15, -0.1) is 0 Å². The molecule has 1 saturated heterocycles. The average Bonchev–Trinajstić information content (AvgIpc) is 3.59. The van der Waals surface area contributed by atoms with Crippen LogP contribution in [0.3, 0.4) is 0 Å². The van der Waals surface area contributed by atoms with Gasteiger partial charge in [0.1, 0.15) is 23.7 Å². The molecule has 0 bridgehead atoms. The predicted molar refractivity (Wildman–Crippen MR) is 159 cm³/mol. The first-order chi connectivity index (χ1) is 19.7. The molecule has 41 heavy (non-hydrogen) atoms. The molecule has 0 radical (unpaired) electrons. The van der Waals surface area contributed by atoms with Crippen LogP contribution < -0.4 is 11.1 Å². The third-order valence-corrected chi connectivity index (χ3v) is 7.18. The topological polar surface area (TPSA) is 135 Å². The summed E-state index contributed by atoms with van der Waals surface area (Å²) in [5.41, 5.74) is 9.93. The molecule has 1 fully saturated rings. The van der Waals surface area contributed by atoms with E-state index in [0.717, 1.165) is 17.5 Å². The van der Waals surface area contributed by atoms with E-state index >= 15 is 0 Å². The maximum Gasteiger partial charge on any atom is 0.256 e. The molecule has 2 amide bonds. The summed E-state index contributed by atoms with van der Waals surface area (Å²) in [4.78, 5) is 42.4. The van der Waals surface area contributed by atoms with Gasteiger partial charge in [-0.25, -0.2) is 19.6 Å². The van der Waals surface area contributed by atoms with E-state index in [1.165, 1.54) is 6.33 Å². The Morgan fingerprint density at radius 2 is 1.93 bits per heavy atom. The van der Waals surface area contributed by atoms with E-state index in [1.807, 2.05) is 58.9 Å². The fourth-order valence-electron chi connectivity index (χ4n) is 4.91. The molecular weight excluding hydrogens is 518 g/mol. The summed E-state index contributed by atoms with van der Waals surface area (Å²) in [5.74, 6) is 0.902. The number of fused-ring (bicyclic) bond motifs is 1. The summed E-state index contributed by atoms with van der Waals surface area (Å²) in [6, 6.07) is 11.0. The molecule has 0 aliphatic carbocycles. The van der Waals surface area contributed by atoms with Crippen LogP contribution in [0.4, 0.5) is 11.6 Å². The Kier molecular flexibility index (Phi) is 8.06. The van der Waals surface area contributed by atoms with E-state index in [-0.39, 0.29) is 17.9 Å². The maximum atomic E-state index is 12.9. The number of nitrogens with zero attached hydrogens (tertiary/aromatic N) is 7. The van der Waals surface area contributed by atoms with Crippen LogP contribution in [0.15, 0.2) is 61.1 Å². The van der Waals surface area contributed by atoms with Crippen molar-refractivity contribution in [1.82, 2.24) is 34.5 Å². The summed E-state index contributed by atoms with van der Waals surface area (Å²) >= 11 is 0. The molecule has 11 nitrogen and oxygen atoms in total. The van der Waals surface area contributed by atoms with E-state index in [2.05, 4.69) is 34.1 Å². The Balaban J connectivity index is 1.37. The van der Waals surface area contributed by atoms with Gasteiger partial charge in [0.25, 0.3) is 5.91 Å². The van der Waals surface area contributed by atoms with Gasteiger partial charge in [0, 0.05) is 43.0 Å². The highest BCUT2D eigenvalue weighted by molar-refractivity contribution is 6.04. The Bertz CT molecular complexity index is 1590. The highest BCUT2D eigenvalue weighted by Crippen LogP contribution is 2.34.